The van der Waals surface area contributed by atoms with Crippen LogP contribution in [0.25, 0.3) is 0 Å². The second kappa shape index (κ2) is 18.2. The lowest BCUT2D eigenvalue weighted by atomic mass is 10.0. The topological polar surface area (TPSA) is 43.4 Å². The first-order chi connectivity index (χ1) is 14.6. The number of esters is 1. The summed E-state index contributed by atoms with van der Waals surface area (Å²) in [4.78, 5) is 23.9. The third-order valence-corrected chi connectivity index (χ3v) is 5.71. The molecule has 0 aromatic heterocycles. The van der Waals surface area contributed by atoms with Gasteiger partial charge in [-0.1, -0.05) is 127 Å². The normalized spacial score (nSPS) is 11.9. The molecule has 0 aliphatic rings. The van der Waals surface area contributed by atoms with E-state index in [0.717, 1.165) is 18.4 Å². The quantitative estimate of drug-likeness (QED) is 0.169. The minimum absolute atomic E-state index is 0.133. The molecule has 1 atom stereocenters. The molecule has 0 aliphatic heterocycles. The zero-order valence-electron chi connectivity index (χ0n) is 19.5. The SMILES string of the molecule is CCCCCCCCCCCCCCCCCC(=O)O[C@H](C(C)=O)c1ccccc1. The maximum absolute atomic E-state index is 12.1. The lowest BCUT2D eigenvalue weighted by molar-refractivity contribution is -0.155. The van der Waals surface area contributed by atoms with Gasteiger partial charge in [-0.15, -0.1) is 0 Å². The highest BCUT2D eigenvalue weighted by atomic mass is 16.5. The molecule has 3 heteroatoms. The van der Waals surface area contributed by atoms with E-state index in [-0.39, 0.29) is 11.8 Å². The Morgan fingerprint density at radius 3 is 1.57 bits per heavy atom. The zero-order valence-corrected chi connectivity index (χ0v) is 19.5. The first-order valence-corrected chi connectivity index (χ1v) is 12.4. The summed E-state index contributed by atoms with van der Waals surface area (Å²) >= 11 is 0. The van der Waals surface area contributed by atoms with E-state index in [4.69, 9.17) is 4.74 Å². The summed E-state index contributed by atoms with van der Waals surface area (Å²) in [6.07, 6.45) is 19.2. The molecule has 0 bridgehead atoms. The maximum Gasteiger partial charge on any atom is 0.306 e. The van der Waals surface area contributed by atoms with Gasteiger partial charge in [0, 0.05) is 6.42 Å². The van der Waals surface area contributed by atoms with Crippen molar-refractivity contribution < 1.29 is 14.3 Å². The number of ether oxygens (including phenoxy) is 1. The summed E-state index contributed by atoms with van der Waals surface area (Å²) in [6.45, 7) is 3.74. The van der Waals surface area contributed by atoms with E-state index in [1.807, 2.05) is 30.3 Å². The highest BCUT2D eigenvalue weighted by molar-refractivity contribution is 5.84. The molecule has 0 unspecified atom stereocenters. The highest BCUT2D eigenvalue weighted by Crippen LogP contribution is 2.20. The molecular formula is C27H44O3. The van der Waals surface area contributed by atoms with E-state index in [1.165, 1.54) is 90.4 Å². The van der Waals surface area contributed by atoms with Crippen LogP contribution in [0.3, 0.4) is 0 Å². The number of carbonyl (C=O) groups is 2. The van der Waals surface area contributed by atoms with Gasteiger partial charge in [0.05, 0.1) is 0 Å². The van der Waals surface area contributed by atoms with Gasteiger partial charge in [0.25, 0.3) is 0 Å². The largest absolute Gasteiger partial charge is 0.449 e. The van der Waals surface area contributed by atoms with Crippen LogP contribution in [0.5, 0.6) is 0 Å². The Labute approximate surface area is 185 Å². The molecule has 1 rings (SSSR count). The predicted molar refractivity (Wildman–Crippen MR) is 126 cm³/mol. The van der Waals surface area contributed by atoms with Crippen LogP contribution in [-0.4, -0.2) is 11.8 Å². The van der Waals surface area contributed by atoms with Crippen molar-refractivity contribution in [1.29, 1.82) is 0 Å². The van der Waals surface area contributed by atoms with Crippen molar-refractivity contribution in [2.24, 2.45) is 0 Å². The number of rotatable bonds is 19. The Hall–Kier alpha value is -1.64. The van der Waals surface area contributed by atoms with Crippen molar-refractivity contribution in [3.05, 3.63) is 35.9 Å². The molecule has 0 amide bonds. The van der Waals surface area contributed by atoms with Crippen LogP contribution in [0.15, 0.2) is 30.3 Å². The third kappa shape index (κ3) is 13.6. The smallest absolute Gasteiger partial charge is 0.306 e. The highest BCUT2D eigenvalue weighted by Gasteiger charge is 2.20. The van der Waals surface area contributed by atoms with Gasteiger partial charge in [-0.3, -0.25) is 9.59 Å². The number of benzene rings is 1. The maximum atomic E-state index is 12.1. The van der Waals surface area contributed by atoms with Gasteiger partial charge in [-0.05, 0) is 18.9 Å². The molecule has 0 radical (unpaired) electrons. The lowest BCUT2D eigenvalue weighted by Gasteiger charge is -2.15. The van der Waals surface area contributed by atoms with Crippen molar-refractivity contribution in [3.63, 3.8) is 0 Å². The lowest BCUT2D eigenvalue weighted by Crippen LogP contribution is -2.17. The summed E-state index contributed by atoms with van der Waals surface area (Å²) in [5, 5.41) is 0. The van der Waals surface area contributed by atoms with Crippen LogP contribution in [0.4, 0.5) is 0 Å². The molecule has 0 N–H and O–H groups in total. The average Bonchev–Trinajstić information content (AvgIpc) is 2.75. The minimum atomic E-state index is -0.768. The first-order valence-electron chi connectivity index (χ1n) is 12.4. The monoisotopic (exact) mass is 416 g/mol. The number of hydrogen-bond donors (Lipinski definition) is 0. The van der Waals surface area contributed by atoms with Gasteiger partial charge in [0.1, 0.15) is 0 Å². The molecule has 3 nitrogen and oxygen atoms in total. The van der Waals surface area contributed by atoms with Crippen LogP contribution < -0.4 is 0 Å². The van der Waals surface area contributed by atoms with Crippen molar-refractivity contribution in [2.45, 2.75) is 123 Å². The number of Topliss-reactive ketones (excluding diaryl/α,β-unsaturated/α-hetero) is 1. The van der Waals surface area contributed by atoms with Crippen LogP contribution >= 0.6 is 0 Å². The molecule has 0 heterocycles. The van der Waals surface area contributed by atoms with Gasteiger partial charge in [0.15, 0.2) is 11.9 Å². The Balaban J connectivity index is 1.95. The van der Waals surface area contributed by atoms with E-state index >= 15 is 0 Å². The van der Waals surface area contributed by atoms with Crippen molar-refractivity contribution in [1.82, 2.24) is 0 Å². The van der Waals surface area contributed by atoms with Crippen LogP contribution in [0.2, 0.25) is 0 Å². The predicted octanol–water partition coefficient (Wildman–Crippen LogP) is 8.12. The Morgan fingerprint density at radius 2 is 1.13 bits per heavy atom. The van der Waals surface area contributed by atoms with Crippen LogP contribution in [0.1, 0.15) is 128 Å². The van der Waals surface area contributed by atoms with Gasteiger partial charge >= 0.3 is 5.97 Å². The Kier molecular flexibility index (Phi) is 16.0. The fraction of sp³-hybridized carbons (Fsp3) is 0.704. The van der Waals surface area contributed by atoms with E-state index < -0.39 is 6.10 Å². The second-order valence-corrected chi connectivity index (χ2v) is 8.59. The summed E-state index contributed by atoms with van der Waals surface area (Å²) in [5.41, 5.74) is 0.745. The average molecular weight is 417 g/mol. The van der Waals surface area contributed by atoms with Crippen molar-refractivity contribution in [3.8, 4) is 0 Å². The summed E-state index contributed by atoms with van der Waals surface area (Å²) in [7, 11) is 0. The van der Waals surface area contributed by atoms with Crippen molar-refractivity contribution in [2.75, 3.05) is 0 Å². The number of carbonyl (C=O) groups excluding carboxylic acids is 2. The minimum Gasteiger partial charge on any atom is -0.449 e. The molecule has 170 valence electrons. The summed E-state index contributed by atoms with van der Waals surface area (Å²) < 4.78 is 5.43. The number of ketones is 1. The molecule has 0 saturated carbocycles. The van der Waals surface area contributed by atoms with Crippen LogP contribution in [-0.2, 0) is 14.3 Å². The fourth-order valence-electron chi connectivity index (χ4n) is 3.84. The molecule has 0 fully saturated rings. The van der Waals surface area contributed by atoms with E-state index in [9.17, 15) is 9.59 Å². The number of unbranched alkanes of at least 4 members (excludes halogenated alkanes) is 14. The second-order valence-electron chi connectivity index (χ2n) is 8.59. The molecule has 0 spiro atoms. The number of hydrogen-bond acceptors (Lipinski definition) is 3. The van der Waals surface area contributed by atoms with Gasteiger partial charge < -0.3 is 4.74 Å². The molecular weight excluding hydrogens is 372 g/mol. The molecule has 30 heavy (non-hydrogen) atoms. The molecule has 0 aliphatic carbocycles. The molecule has 0 saturated heterocycles. The van der Waals surface area contributed by atoms with Gasteiger partial charge in [-0.2, -0.15) is 0 Å². The Bertz CT molecular complexity index is 552. The van der Waals surface area contributed by atoms with Crippen LogP contribution in [0, 0.1) is 0 Å². The summed E-state index contributed by atoms with van der Waals surface area (Å²) in [6, 6.07) is 9.25. The third-order valence-electron chi connectivity index (χ3n) is 5.71. The molecule has 1 aromatic rings. The van der Waals surface area contributed by atoms with Gasteiger partial charge in [0.2, 0.25) is 0 Å². The van der Waals surface area contributed by atoms with E-state index in [1.54, 1.807) is 0 Å². The standard InChI is InChI=1S/C27H44O3/c1-3-4-5-6-7-8-9-10-11-12-13-14-15-16-20-23-26(29)30-27(24(2)28)25-21-18-17-19-22-25/h17-19,21-22,27H,3-16,20,23H2,1-2H3/t27-/m1/s1. The van der Waals surface area contributed by atoms with E-state index in [0.29, 0.717) is 6.42 Å². The van der Waals surface area contributed by atoms with Crippen molar-refractivity contribution >= 4 is 11.8 Å². The first kappa shape index (κ1) is 26.4. The molecule has 1 aromatic carbocycles. The fourth-order valence-corrected chi connectivity index (χ4v) is 3.84. The zero-order chi connectivity index (χ0) is 21.9. The Morgan fingerprint density at radius 1 is 0.700 bits per heavy atom. The van der Waals surface area contributed by atoms with E-state index in [2.05, 4.69) is 6.92 Å². The summed E-state index contributed by atoms with van der Waals surface area (Å²) in [5.74, 6) is -0.403. The van der Waals surface area contributed by atoms with Gasteiger partial charge in [-0.25, -0.2) is 0 Å².